The number of carbonyl (C=O) groups is 1. The summed E-state index contributed by atoms with van der Waals surface area (Å²) in [7, 11) is -1.74. The summed E-state index contributed by atoms with van der Waals surface area (Å²) in [6.07, 6.45) is 0. The molecule has 0 saturated heterocycles. The van der Waals surface area contributed by atoms with Gasteiger partial charge in [-0.3, -0.25) is 4.79 Å². The lowest BCUT2D eigenvalue weighted by atomic mass is 10.1. The second kappa shape index (κ2) is 8.34. The summed E-state index contributed by atoms with van der Waals surface area (Å²) in [4.78, 5) is 17.4. The largest absolute Gasteiger partial charge is 0.345 e. The van der Waals surface area contributed by atoms with E-state index in [1.165, 1.54) is 10.4 Å². The van der Waals surface area contributed by atoms with Gasteiger partial charge in [-0.05, 0) is 36.8 Å². The molecule has 0 bridgehead atoms. The van der Waals surface area contributed by atoms with Crippen LogP contribution >= 0.6 is 0 Å². The van der Waals surface area contributed by atoms with E-state index in [2.05, 4.69) is 10.3 Å². The Balaban J connectivity index is 1.83. The van der Waals surface area contributed by atoms with Gasteiger partial charge in [0, 0.05) is 25.7 Å². The number of hydrogen-bond donors (Lipinski definition) is 1. The van der Waals surface area contributed by atoms with Crippen molar-refractivity contribution in [3.8, 4) is 0 Å². The summed E-state index contributed by atoms with van der Waals surface area (Å²) in [5.41, 5.74) is 2.77. The first-order valence-corrected chi connectivity index (χ1v) is 11.0. The number of rotatable bonds is 7. The monoisotopic (exact) mass is 414 g/mol. The number of nitrogens with zero attached hydrogens (tertiary/aromatic N) is 3. The average Bonchev–Trinajstić information content (AvgIpc) is 3.03. The second-order valence-corrected chi connectivity index (χ2v) is 8.73. The van der Waals surface area contributed by atoms with Gasteiger partial charge in [0.25, 0.3) is 5.91 Å². The fraction of sp³-hybridized carbons (Fsp3) is 0.333. The van der Waals surface area contributed by atoms with Gasteiger partial charge in [-0.25, -0.2) is 13.4 Å². The Labute approximate surface area is 171 Å². The third-order valence-corrected chi connectivity index (χ3v) is 7.25. The van der Waals surface area contributed by atoms with Gasteiger partial charge in [0.15, 0.2) is 0 Å². The number of hydrogen-bond acceptors (Lipinski definition) is 4. The molecule has 0 aliphatic carbocycles. The van der Waals surface area contributed by atoms with E-state index < -0.39 is 10.0 Å². The van der Waals surface area contributed by atoms with Gasteiger partial charge in [-0.2, -0.15) is 4.31 Å². The van der Waals surface area contributed by atoms with E-state index >= 15 is 0 Å². The summed E-state index contributed by atoms with van der Waals surface area (Å²) in [6, 6.07) is 12.5. The Morgan fingerprint density at radius 1 is 1.14 bits per heavy atom. The van der Waals surface area contributed by atoms with Crippen molar-refractivity contribution >= 4 is 27.0 Å². The van der Waals surface area contributed by atoms with Gasteiger partial charge >= 0.3 is 0 Å². The van der Waals surface area contributed by atoms with Crippen LogP contribution in [-0.4, -0.2) is 41.3 Å². The molecule has 0 atom stereocenters. The van der Waals surface area contributed by atoms with Crippen LogP contribution in [0.5, 0.6) is 0 Å². The van der Waals surface area contributed by atoms with Crippen LogP contribution in [-0.2, 0) is 23.6 Å². The van der Waals surface area contributed by atoms with Crippen LogP contribution in [0.15, 0.2) is 47.4 Å². The molecule has 29 heavy (non-hydrogen) atoms. The molecule has 1 amide bonds. The van der Waals surface area contributed by atoms with Crippen molar-refractivity contribution in [3.05, 3.63) is 59.4 Å². The summed E-state index contributed by atoms with van der Waals surface area (Å²) < 4.78 is 29.1. The molecule has 7 nitrogen and oxygen atoms in total. The fourth-order valence-corrected chi connectivity index (χ4v) is 5.05. The highest BCUT2D eigenvalue weighted by molar-refractivity contribution is 7.89. The van der Waals surface area contributed by atoms with Gasteiger partial charge in [0.1, 0.15) is 5.82 Å². The van der Waals surface area contributed by atoms with E-state index in [-0.39, 0.29) is 17.3 Å². The molecule has 3 rings (SSSR count). The molecular weight excluding hydrogens is 388 g/mol. The highest BCUT2D eigenvalue weighted by Crippen LogP contribution is 2.21. The van der Waals surface area contributed by atoms with Crippen molar-refractivity contribution in [2.24, 2.45) is 7.05 Å². The molecular formula is C21H26N4O3S. The molecule has 154 valence electrons. The zero-order valence-electron chi connectivity index (χ0n) is 17.1. The van der Waals surface area contributed by atoms with E-state index in [1.54, 1.807) is 32.9 Å². The lowest BCUT2D eigenvalue weighted by Crippen LogP contribution is -2.31. The third-order valence-electron chi connectivity index (χ3n) is 5.06. The standard InChI is InChI=1S/C21H26N4O3S/c1-5-25(6-2)29(27,28)19-13-16(12-11-15(19)3)21(26)22-14-20-23-17-9-7-8-10-18(17)24(20)4/h7-13H,5-6,14H2,1-4H3,(H,22,26). The van der Waals surface area contributed by atoms with E-state index in [4.69, 9.17) is 0 Å². The van der Waals surface area contributed by atoms with Crippen molar-refractivity contribution in [3.63, 3.8) is 0 Å². The predicted octanol–water partition coefficient (Wildman–Crippen LogP) is 2.84. The van der Waals surface area contributed by atoms with E-state index in [0.717, 1.165) is 16.9 Å². The lowest BCUT2D eigenvalue weighted by molar-refractivity contribution is 0.0949. The van der Waals surface area contributed by atoms with Gasteiger partial charge in [-0.15, -0.1) is 0 Å². The smallest absolute Gasteiger partial charge is 0.251 e. The number of amides is 1. The highest BCUT2D eigenvalue weighted by Gasteiger charge is 2.24. The molecule has 0 fully saturated rings. The molecule has 1 heterocycles. The summed E-state index contributed by atoms with van der Waals surface area (Å²) >= 11 is 0. The minimum atomic E-state index is -3.64. The summed E-state index contributed by atoms with van der Waals surface area (Å²) in [5, 5.41) is 2.84. The molecule has 0 aliphatic rings. The number of benzene rings is 2. The maximum absolute atomic E-state index is 12.9. The number of sulfonamides is 1. The average molecular weight is 415 g/mol. The Morgan fingerprint density at radius 3 is 2.48 bits per heavy atom. The number of para-hydroxylation sites is 2. The number of aromatic nitrogens is 2. The summed E-state index contributed by atoms with van der Waals surface area (Å²) in [6.45, 7) is 6.32. The molecule has 0 spiro atoms. The Bertz CT molecular complexity index is 1150. The number of carbonyl (C=O) groups excluding carboxylic acids is 1. The van der Waals surface area contributed by atoms with Crippen LogP contribution in [0.1, 0.15) is 35.6 Å². The zero-order chi connectivity index (χ0) is 21.2. The molecule has 0 radical (unpaired) electrons. The Kier molecular flexibility index (Phi) is 6.04. The maximum Gasteiger partial charge on any atom is 0.251 e. The molecule has 2 aromatic carbocycles. The van der Waals surface area contributed by atoms with Crippen molar-refractivity contribution in [2.45, 2.75) is 32.2 Å². The van der Waals surface area contributed by atoms with Crippen molar-refractivity contribution < 1.29 is 13.2 Å². The molecule has 1 aromatic heterocycles. The van der Waals surface area contributed by atoms with Crippen LogP contribution in [0.2, 0.25) is 0 Å². The first-order chi connectivity index (χ1) is 13.8. The maximum atomic E-state index is 12.9. The van der Waals surface area contributed by atoms with E-state index in [0.29, 0.717) is 24.2 Å². The summed E-state index contributed by atoms with van der Waals surface area (Å²) in [5.74, 6) is 0.385. The first kappa shape index (κ1) is 21.0. The van der Waals surface area contributed by atoms with Crippen LogP contribution in [0, 0.1) is 6.92 Å². The van der Waals surface area contributed by atoms with Crippen molar-refractivity contribution in [1.82, 2.24) is 19.2 Å². The van der Waals surface area contributed by atoms with Gasteiger partial charge in [0.2, 0.25) is 10.0 Å². The number of fused-ring (bicyclic) bond motifs is 1. The Morgan fingerprint density at radius 2 is 1.83 bits per heavy atom. The molecule has 0 unspecified atom stereocenters. The molecule has 1 N–H and O–H groups in total. The van der Waals surface area contributed by atoms with Crippen LogP contribution in [0.25, 0.3) is 11.0 Å². The molecule has 0 aliphatic heterocycles. The number of nitrogens with one attached hydrogen (secondary N) is 1. The third kappa shape index (κ3) is 4.04. The topological polar surface area (TPSA) is 84.3 Å². The van der Waals surface area contributed by atoms with Crippen molar-refractivity contribution in [1.29, 1.82) is 0 Å². The Hall–Kier alpha value is -2.71. The molecule has 3 aromatic rings. The minimum Gasteiger partial charge on any atom is -0.345 e. The quantitative estimate of drug-likeness (QED) is 0.644. The van der Waals surface area contributed by atoms with E-state index in [9.17, 15) is 13.2 Å². The van der Waals surface area contributed by atoms with E-state index in [1.807, 2.05) is 35.9 Å². The van der Waals surface area contributed by atoms with Crippen LogP contribution in [0.4, 0.5) is 0 Å². The number of aryl methyl sites for hydroxylation is 2. The second-order valence-electron chi connectivity index (χ2n) is 6.83. The van der Waals surface area contributed by atoms with Crippen LogP contribution < -0.4 is 5.32 Å². The lowest BCUT2D eigenvalue weighted by Gasteiger charge is -2.20. The number of imidazole rings is 1. The fourth-order valence-electron chi connectivity index (χ4n) is 3.34. The first-order valence-electron chi connectivity index (χ1n) is 9.58. The van der Waals surface area contributed by atoms with Crippen molar-refractivity contribution in [2.75, 3.05) is 13.1 Å². The van der Waals surface area contributed by atoms with Crippen LogP contribution in [0.3, 0.4) is 0 Å². The normalized spacial score (nSPS) is 11.9. The molecule has 0 saturated carbocycles. The zero-order valence-corrected chi connectivity index (χ0v) is 18.0. The van der Waals surface area contributed by atoms with Gasteiger partial charge < -0.3 is 9.88 Å². The molecule has 8 heteroatoms. The highest BCUT2D eigenvalue weighted by atomic mass is 32.2. The van der Waals surface area contributed by atoms with Gasteiger partial charge in [-0.1, -0.05) is 32.0 Å². The van der Waals surface area contributed by atoms with Gasteiger partial charge in [0.05, 0.1) is 22.5 Å². The SMILES string of the molecule is CCN(CC)S(=O)(=O)c1cc(C(=O)NCc2nc3ccccc3n2C)ccc1C. The minimum absolute atomic E-state index is 0.164. The predicted molar refractivity (Wildman–Crippen MR) is 113 cm³/mol.